The standard InChI is InChI=1S/C16H23N3O2/c20-16(21)15-4-2-8-19(15)14-5-9-18(10-6-14)12-13-3-1-7-17-11-13/h1,3,7,11,14-15H,2,4-6,8-10,12H2,(H,20,21). The van der Waals surface area contributed by atoms with E-state index in [1.165, 1.54) is 5.56 Å². The Hall–Kier alpha value is -1.46. The van der Waals surface area contributed by atoms with Crippen molar-refractivity contribution in [3.8, 4) is 0 Å². The summed E-state index contributed by atoms with van der Waals surface area (Å²) in [6, 6.07) is 4.28. The molecular formula is C16H23N3O2. The molecule has 1 aromatic heterocycles. The lowest BCUT2D eigenvalue weighted by molar-refractivity contribution is -0.143. The maximum atomic E-state index is 11.3. The number of hydrogen-bond acceptors (Lipinski definition) is 4. The molecule has 0 bridgehead atoms. The number of likely N-dealkylation sites (tertiary alicyclic amines) is 2. The van der Waals surface area contributed by atoms with E-state index in [4.69, 9.17) is 0 Å². The first-order chi connectivity index (χ1) is 10.2. The first-order valence-corrected chi connectivity index (χ1v) is 7.84. The second kappa shape index (κ2) is 6.54. The van der Waals surface area contributed by atoms with Gasteiger partial charge in [0.25, 0.3) is 0 Å². The van der Waals surface area contributed by atoms with Gasteiger partial charge in [0.1, 0.15) is 6.04 Å². The van der Waals surface area contributed by atoms with Crippen LogP contribution in [-0.4, -0.2) is 57.6 Å². The molecule has 2 aliphatic heterocycles. The first kappa shape index (κ1) is 14.5. The summed E-state index contributed by atoms with van der Waals surface area (Å²) in [6.07, 6.45) is 7.70. The second-order valence-corrected chi connectivity index (χ2v) is 6.10. The summed E-state index contributed by atoms with van der Waals surface area (Å²) in [5, 5.41) is 9.30. The molecular weight excluding hydrogens is 266 g/mol. The minimum atomic E-state index is -0.648. The van der Waals surface area contributed by atoms with Gasteiger partial charge in [-0.05, 0) is 56.9 Å². The Morgan fingerprint density at radius 1 is 1.29 bits per heavy atom. The van der Waals surface area contributed by atoms with Crippen LogP contribution in [0.1, 0.15) is 31.2 Å². The van der Waals surface area contributed by atoms with Gasteiger partial charge in [0, 0.05) is 25.0 Å². The van der Waals surface area contributed by atoms with E-state index >= 15 is 0 Å². The fourth-order valence-corrected chi connectivity index (χ4v) is 3.65. The van der Waals surface area contributed by atoms with Crippen molar-refractivity contribution in [3.63, 3.8) is 0 Å². The molecule has 0 aromatic carbocycles. The largest absolute Gasteiger partial charge is 0.480 e. The fraction of sp³-hybridized carbons (Fsp3) is 0.625. The van der Waals surface area contributed by atoms with Crippen molar-refractivity contribution < 1.29 is 9.90 Å². The number of rotatable bonds is 4. The van der Waals surface area contributed by atoms with Gasteiger partial charge in [0.15, 0.2) is 0 Å². The van der Waals surface area contributed by atoms with Gasteiger partial charge in [-0.2, -0.15) is 0 Å². The topological polar surface area (TPSA) is 56.7 Å². The van der Waals surface area contributed by atoms with Gasteiger partial charge in [-0.1, -0.05) is 6.07 Å². The van der Waals surface area contributed by atoms with Gasteiger partial charge in [0.05, 0.1) is 0 Å². The molecule has 114 valence electrons. The van der Waals surface area contributed by atoms with Gasteiger partial charge < -0.3 is 5.11 Å². The quantitative estimate of drug-likeness (QED) is 0.912. The van der Waals surface area contributed by atoms with E-state index in [1.807, 2.05) is 12.3 Å². The molecule has 2 saturated heterocycles. The highest BCUT2D eigenvalue weighted by atomic mass is 16.4. The molecule has 0 saturated carbocycles. The molecule has 0 radical (unpaired) electrons. The van der Waals surface area contributed by atoms with Crippen LogP contribution in [0.25, 0.3) is 0 Å². The Balaban J connectivity index is 1.52. The number of carboxylic acids is 1. The molecule has 1 N–H and O–H groups in total. The van der Waals surface area contributed by atoms with Crippen molar-refractivity contribution >= 4 is 5.97 Å². The Bertz CT molecular complexity index is 472. The second-order valence-electron chi connectivity index (χ2n) is 6.10. The zero-order chi connectivity index (χ0) is 14.7. The third kappa shape index (κ3) is 3.41. The smallest absolute Gasteiger partial charge is 0.320 e. The molecule has 3 heterocycles. The van der Waals surface area contributed by atoms with Crippen LogP contribution in [0, 0.1) is 0 Å². The van der Waals surface area contributed by atoms with E-state index < -0.39 is 5.97 Å². The average Bonchev–Trinajstić information content (AvgIpc) is 2.99. The molecule has 21 heavy (non-hydrogen) atoms. The van der Waals surface area contributed by atoms with Gasteiger partial charge in [0.2, 0.25) is 0 Å². The highest BCUT2D eigenvalue weighted by Crippen LogP contribution is 2.26. The van der Waals surface area contributed by atoms with E-state index in [0.29, 0.717) is 6.04 Å². The van der Waals surface area contributed by atoms with Crippen molar-refractivity contribution in [2.24, 2.45) is 0 Å². The van der Waals surface area contributed by atoms with Crippen molar-refractivity contribution in [2.45, 2.75) is 44.3 Å². The number of carbonyl (C=O) groups is 1. The summed E-state index contributed by atoms with van der Waals surface area (Å²) in [6.45, 7) is 3.98. The van der Waals surface area contributed by atoms with Crippen LogP contribution in [0.4, 0.5) is 0 Å². The predicted octanol–water partition coefficient (Wildman–Crippen LogP) is 1.59. The Labute approximate surface area is 125 Å². The molecule has 2 aliphatic rings. The van der Waals surface area contributed by atoms with Crippen LogP contribution in [-0.2, 0) is 11.3 Å². The number of carboxylic acid groups (broad SMARTS) is 1. The Morgan fingerprint density at radius 2 is 2.10 bits per heavy atom. The highest BCUT2D eigenvalue weighted by molar-refractivity contribution is 5.73. The minimum Gasteiger partial charge on any atom is -0.480 e. The average molecular weight is 289 g/mol. The van der Waals surface area contributed by atoms with E-state index in [1.54, 1.807) is 6.20 Å². The number of aliphatic carboxylic acids is 1. The highest BCUT2D eigenvalue weighted by Gasteiger charge is 2.36. The van der Waals surface area contributed by atoms with E-state index in [-0.39, 0.29) is 6.04 Å². The lowest BCUT2D eigenvalue weighted by atomic mass is 10.0. The van der Waals surface area contributed by atoms with Crippen LogP contribution in [0.5, 0.6) is 0 Å². The molecule has 1 atom stereocenters. The molecule has 2 fully saturated rings. The molecule has 1 unspecified atom stereocenters. The lowest BCUT2D eigenvalue weighted by Crippen LogP contribution is -2.48. The maximum Gasteiger partial charge on any atom is 0.320 e. The van der Waals surface area contributed by atoms with Crippen molar-refractivity contribution in [3.05, 3.63) is 30.1 Å². The number of aromatic nitrogens is 1. The number of pyridine rings is 1. The summed E-state index contributed by atoms with van der Waals surface area (Å²) < 4.78 is 0. The van der Waals surface area contributed by atoms with Gasteiger partial charge >= 0.3 is 5.97 Å². The molecule has 0 spiro atoms. The third-order valence-corrected chi connectivity index (χ3v) is 4.73. The lowest BCUT2D eigenvalue weighted by Gasteiger charge is -2.38. The molecule has 5 nitrogen and oxygen atoms in total. The monoisotopic (exact) mass is 289 g/mol. The predicted molar refractivity (Wildman–Crippen MR) is 79.9 cm³/mol. The zero-order valence-electron chi connectivity index (χ0n) is 12.3. The van der Waals surface area contributed by atoms with Crippen LogP contribution in [0.15, 0.2) is 24.5 Å². The van der Waals surface area contributed by atoms with E-state index in [2.05, 4.69) is 20.9 Å². The summed E-state index contributed by atoms with van der Waals surface area (Å²) in [5.41, 5.74) is 1.25. The van der Waals surface area contributed by atoms with Crippen LogP contribution < -0.4 is 0 Å². The first-order valence-electron chi connectivity index (χ1n) is 7.84. The third-order valence-electron chi connectivity index (χ3n) is 4.73. The Morgan fingerprint density at radius 3 is 2.76 bits per heavy atom. The zero-order valence-corrected chi connectivity index (χ0v) is 12.3. The number of nitrogens with zero attached hydrogens (tertiary/aromatic N) is 3. The van der Waals surface area contributed by atoms with Crippen LogP contribution in [0.3, 0.4) is 0 Å². The molecule has 3 rings (SSSR count). The normalized spacial score (nSPS) is 25.2. The van der Waals surface area contributed by atoms with Crippen molar-refractivity contribution in [1.82, 2.24) is 14.8 Å². The van der Waals surface area contributed by atoms with Crippen molar-refractivity contribution in [1.29, 1.82) is 0 Å². The van der Waals surface area contributed by atoms with E-state index in [9.17, 15) is 9.90 Å². The Kier molecular flexibility index (Phi) is 4.51. The molecule has 0 aliphatic carbocycles. The van der Waals surface area contributed by atoms with Gasteiger partial charge in [-0.15, -0.1) is 0 Å². The van der Waals surface area contributed by atoms with E-state index in [0.717, 1.165) is 51.9 Å². The molecule has 1 aromatic rings. The summed E-state index contributed by atoms with van der Waals surface area (Å²) in [7, 11) is 0. The number of hydrogen-bond donors (Lipinski definition) is 1. The summed E-state index contributed by atoms with van der Waals surface area (Å²) >= 11 is 0. The fourth-order valence-electron chi connectivity index (χ4n) is 3.65. The van der Waals surface area contributed by atoms with Crippen molar-refractivity contribution in [2.75, 3.05) is 19.6 Å². The van der Waals surface area contributed by atoms with Crippen LogP contribution >= 0.6 is 0 Å². The van der Waals surface area contributed by atoms with Crippen LogP contribution in [0.2, 0.25) is 0 Å². The number of piperidine rings is 1. The SMILES string of the molecule is O=C(O)C1CCCN1C1CCN(Cc2cccnc2)CC1. The molecule has 0 amide bonds. The maximum absolute atomic E-state index is 11.3. The van der Waals surface area contributed by atoms with Gasteiger partial charge in [-0.25, -0.2) is 0 Å². The van der Waals surface area contributed by atoms with Gasteiger partial charge in [-0.3, -0.25) is 19.6 Å². The minimum absolute atomic E-state index is 0.250. The summed E-state index contributed by atoms with van der Waals surface area (Å²) in [4.78, 5) is 20.1. The summed E-state index contributed by atoms with van der Waals surface area (Å²) in [5.74, 6) is -0.648. The molecule has 5 heteroatoms.